The van der Waals surface area contributed by atoms with Crippen LogP contribution in [0.4, 0.5) is 22.0 Å². The zero-order valence-corrected chi connectivity index (χ0v) is 11.5. The molecule has 0 aliphatic carbocycles. The van der Waals surface area contributed by atoms with Crippen molar-refractivity contribution in [3.05, 3.63) is 53.6 Å². The van der Waals surface area contributed by atoms with E-state index in [-0.39, 0.29) is 18.1 Å². The second-order valence-corrected chi connectivity index (χ2v) is 4.45. The van der Waals surface area contributed by atoms with Crippen molar-refractivity contribution in [3.8, 4) is 17.2 Å². The Morgan fingerprint density at radius 3 is 2.35 bits per heavy atom. The van der Waals surface area contributed by atoms with Crippen molar-refractivity contribution in [2.24, 2.45) is 0 Å². The van der Waals surface area contributed by atoms with E-state index in [1.54, 1.807) is 12.1 Å². The molecule has 8 heteroatoms. The minimum atomic E-state index is -4.70. The number of benzene rings is 2. The van der Waals surface area contributed by atoms with Gasteiger partial charge in [-0.15, -0.1) is 0 Å². The summed E-state index contributed by atoms with van der Waals surface area (Å²) in [5.41, 5.74) is -0.643. The van der Waals surface area contributed by atoms with Crippen LogP contribution in [0.3, 0.4) is 0 Å². The molecule has 0 spiro atoms. The lowest BCUT2D eigenvalue weighted by atomic mass is 10.2. The summed E-state index contributed by atoms with van der Waals surface area (Å²) >= 11 is 0. The van der Waals surface area contributed by atoms with E-state index >= 15 is 0 Å². The van der Waals surface area contributed by atoms with Gasteiger partial charge in [0.1, 0.15) is 5.75 Å². The maximum atomic E-state index is 12.7. The Balaban J connectivity index is 2.36. The summed E-state index contributed by atoms with van der Waals surface area (Å²) in [6.45, 7) is -3.57. The Bertz CT molecular complexity index is 670. The van der Waals surface area contributed by atoms with E-state index in [1.165, 1.54) is 12.1 Å². The van der Waals surface area contributed by atoms with Crippen LogP contribution >= 0.6 is 0 Å². The molecule has 23 heavy (non-hydrogen) atoms. The van der Waals surface area contributed by atoms with Gasteiger partial charge in [-0.05, 0) is 35.9 Å². The average molecular weight is 334 g/mol. The predicted octanol–water partition coefficient (Wildman–Crippen LogP) is 4.59. The van der Waals surface area contributed by atoms with E-state index in [1.807, 2.05) is 0 Å². The summed E-state index contributed by atoms with van der Waals surface area (Å²) in [5.74, 6) is -0.868. The molecule has 0 atom stereocenters. The molecule has 3 nitrogen and oxygen atoms in total. The van der Waals surface area contributed by atoms with Crippen LogP contribution in [0.5, 0.6) is 17.2 Å². The summed E-state index contributed by atoms with van der Waals surface area (Å²) < 4.78 is 72.1. The molecule has 1 N–H and O–H groups in total. The number of aliphatic hydroxyl groups excluding tert-OH is 1. The van der Waals surface area contributed by atoms with Crippen LogP contribution in [0, 0.1) is 0 Å². The molecule has 0 radical (unpaired) electrons. The molecule has 0 heterocycles. The molecule has 0 aliphatic rings. The van der Waals surface area contributed by atoms with E-state index in [0.717, 1.165) is 6.07 Å². The molecule has 0 aliphatic heterocycles. The predicted molar refractivity (Wildman–Crippen MR) is 70.5 cm³/mol. The summed E-state index contributed by atoms with van der Waals surface area (Å²) in [5, 5.41) is 9.02. The molecule has 0 fully saturated rings. The Morgan fingerprint density at radius 1 is 1.00 bits per heavy atom. The molecule has 0 saturated carbocycles. The third-order valence-electron chi connectivity index (χ3n) is 2.80. The topological polar surface area (TPSA) is 38.7 Å². The fourth-order valence-corrected chi connectivity index (χ4v) is 1.79. The Kier molecular flexibility index (Phi) is 5.05. The van der Waals surface area contributed by atoms with E-state index in [0.29, 0.717) is 17.7 Å². The van der Waals surface area contributed by atoms with Gasteiger partial charge in [-0.3, -0.25) is 0 Å². The van der Waals surface area contributed by atoms with E-state index < -0.39 is 24.1 Å². The number of hydrogen-bond acceptors (Lipinski definition) is 3. The number of ether oxygens (including phenoxy) is 2. The van der Waals surface area contributed by atoms with Gasteiger partial charge in [0.25, 0.3) is 0 Å². The largest absolute Gasteiger partial charge is 0.453 e. The molecule has 0 aromatic heterocycles. The molecule has 0 unspecified atom stereocenters. The van der Waals surface area contributed by atoms with E-state index in [2.05, 4.69) is 4.74 Å². The maximum Gasteiger partial charge on any atom is 0.416 e. The minimum absolute atomic E-state index is 0.162. The summed E-state index contributed by atoms with van der Waals surface area (Å²) in [7, 11) is 0. The van der Waals surface area contributed by atoms with Gasteiger partial charge >= 0.3 is 12.8 Å². The van der Waals surface area contributed by atoms with Crippen LogP contribution in [0.1, 0.15) is 11.1 Å². The Labute approximate surface area is 127 Å². The highest BCUT2D eigenvalue weighted by molar-refractivity contribution is 5.46. The molecule has 0 saturated heterocycles. The third kappa shape index (κ3) is 4.56. The first-order valence-corrected chi connectivity index (χ1v) is 6.33. The van der Waals surface area contributed by atoms with Crippen LogP contribution in [-0.4, -0.2) is 11.7 Å². The normalized spacial score (nSPS) is 11.6. The number of hydrogen-bond donors (Lipinski definition) is 1. The van der Waals surface area contributed by atoms with Crippen LogP contribution < -0.4 is 9.47 Å². The van der Waals surface area contributed by atoms with Crippen LogP contribution in [0.2, 0.25) is 0 Å². The minimum Gasteiger partial charge on any atom is -0.453 e. The maximum absolute atomic E-state index is 12.7. The van der Waals surface area contributed by atoms with Crippen molar-refractivity contribution >= 4 is 0 Å². The standard InChI is InChI=1S/C15H11F5O3/c16-14(17)23-13-7-10(15(18,19)20)4-5-12(13)22-11-3-1-2-9(6-11)8-21/h1-7,14,21H,8H2. The molecule has 0 amide bonds. The second kappa shape index (κ2) is 6.82. The van der Waals surface area contributed by atoms with Crippen LogP contribution in [-0.2, 0) is 12.8 Å². The van der Waals surface area contributed by atoms with E-state index in [9.17, 15) is 22.0 Å². The Morgan fingerprint density at radius 2 is 1.74 bits per heavy atom. The van der Waals surface area contributed by atoms with Crippen molar-refractivity contribution in [3.63, 3.8) is 0 Å². The number of rotatable bonds is 5. The highest BCUT2D eigenvalue weighted by Crippen LogP contribution is 2.38. The van der Waals surface area contributed by atoms with Crippen molar-refractivity contribution in [2.75, 3.05) is 0 Å². The average Bonchev–Trinajstić information content (AvgIpc) is 2.47. The van der Waals surface area contributed by atoms with Crippen molar-refractivity contribution in [1.82, 2.24) is 0 Å². The Hall–Kier alpha value is -2.35. The molecule has 2 rings (SSSR count). The van der Waals surface area contributed by atoms with Gasteiger partial charge in [-0.2, -0.15) is 22.0 Å². The van der Waals surface area contributed by atoms with Gasteiger partial charge in [0.05, 0.1) is 12.2 Å². The van der Waals surface area contributed by atoms with Crippen molar-refractivity contribution in [2.45, 2.75) is 19.4 Å². The van der Waals surface area contributed by atoms with Crippen molar-refractivity contribution in [1.29, 1.82) is 0 Å². The molecule has 0 bridgehead atoms. The van der Waals surface area contributed by atoms with Gasteiger partial charge in [-0.25, -0.2) is 0 Å². The quantitative estimate of drug-likeness (QED) is 0.813. The second-order valence-electron chi connectivity index (χ2n) is 4.45. The van der Waals surface area contributed by atoms with Crippen LogP contribution in [0.25, 0.3) is 0 Å². The smallest absolute Gasteiger partial charge is 0.416 e. The van der Waals surface area contributed by atoms with Gasteiger partial charge in [0.15, 0.2) is 11.5 Å². The van der Waals surface area contributed by atoms with Gasteiger partial charge in [0.2, 0.25) is 0 Å². The van der Waals surface area contributed by atoms with Crippen molar-refractivity contribution < 1.29 is 36.5 Å². The highest BCUT2D eigenvalue weighted by atomic mass is 19.4. The fraction of sp³-hybridized carbons (Fsp3) is 0.200. The van der Waals surface area contributed by atoms with Gasteiger partial charge in [0, 0.05) is 0 Å². The lowest BCUT2D eigenvalue weighted by Crippen LogP contribution is -2.08. The summed E-state index contributed by atoms with van der Waals surface area (Å²) in [6, 6.07) is 8.05. The lowest BCUT2D eigenvalue weighted by Gasteiger charge is -2.15. The molecule has 2 aromatic rings. The number of aliphatic hydroxyl groups is 1. The van der Waals surface area contributed by atoms with E-state index in [4.69, 9.17) is 9.84 Å². The summed E-state index contributed by atoms with van der Waals surface area (Å²) in [4.78, 5) is 0. The third-order valence-corrected chi connectivity index (χ3v) is 2.80. The monoisotopic (exact) mass is 334 g/mol. The first kappa shape index (κ1) is 17.0. The summed E-state index contributed by atoms with van der Waals surface area (Å²) in [6.07, 6.45) is -4.70. The SMILES string of the molecule is OCc1cccc(Oc2ccc(C(F)(F)F)cc2OC(F)F)c1. The number of halogens is 5. The molecule has 124 valence electrons. The number of alkyl halides is 5. The fourth-order valence-electron chi connectivity index (χ4n) is 1.79. The van der Waals surface area contributed by atoms with Gasteiger partial charge in [-0.1, -0.05) is 12.1 Å². The zero-order chi connectivity index (χ0) is 17.0. The molecule has 2 aromatic carbocycles. The first-order chi connectivity index (χ1) is 10.8. The van der Waals surface area contributed by atoms with Crippen LogP contribution in [0.15, 0.2) is 42.5 Å². The molecular formula is C15H11F5O3. The highest BCUT2D eigenvalue weighted by Gasteiger charge is 2.32. The lowest BCUT2D eigenvalue weighted by molar-refractivity contribution is -0.138. The first-order valence-electron chi connectivity index (χ1n) is 6.33. The molecular weight excluding hydrogens is 323 g/mol. The zero-order valence-electron chi connectivity index (χ0n) is 11.5. The van der Waals surface area contributed by atoms with Gasteiger partial charge < -0.3 is 14.6 Å².